The number of amides is 1. The molecule has 5 rings (SSSR count). The van der Waals surface area contributed by atoms with E-state index in [1.807, 2.05) is 31.2 Å². The van der Waals surface area contributed by atoms with Gasteiger partial charge in [-0.05, 0) is 58.5 Å². The van der Waals surface area contributed by atoms with E-state index < -0.39 is 6.09 Å². The zero-order valence-corrected chi connectivity index (χ0v) is 21.8. The van der Waals surface area contributed by atoms with E-state index in [-0.39, 0.29) is 12.0 Å². The molecule has 3 nitrogen and oxygen atoms in total. The van der Waals surface area contributed by atoms with E-state index in [9.17, 15) is 4.79 Å². The number of hydrogen-bond donors (Lipinski definition) is 1. The maximum atomic E-state index is 12.8. The number of hydrogen-bond acceptors (Lipinski definition) is 3. The summed E-state index contributed by atoms with van der Waals surface area (Å²) in [6.07, 6.45) is -0.409. The third kappa shape index (κ3) is 5.31. The second kappa shape index (κ2) is 10.7. The van der Waals surface area contributed by atoms with Crippen LogP contribution >= 0.6 is 27.7 Å². The smallest absolute Gasteiger partial charge is 0.407 e. The van der Waals surface area contributed by atoms with E-state index in [2.05, 4.69) is 94.0 Å². The Hall–Kier alpha value is -3.02. The van der Waals surface area contributed by atoms with Gasteiger partial charge in [-0.3, -0.25) is 0 Å². The summed E-state index contributed by atoms with van der Waals surface area (Å²) in [5.41, 5.74) is 7.17. The maximum Gasteiger partial charge on any atom is 0.407 e. The topological polar surface area (TPSA) is 38.3 Å². The van der Waals surface area contributed by atoms with Crippen molar-refractivity contribution in [2.45, 2.75) is 29.5 Å². The van der Waals surface area contributed by atoms with E-state index in [0.717, 1.165) is 20.7 Å². The molecular weight excluding hydrogens is 518 g/mol. The average Bonchev–Trinajstić information content (AvgIpc) is 3.21. The molecule has 176 valence electrons. The Morgan fingerprint density at radius 1 is 0.914 bits per heavy atom. The Bertz CT molecular complexity index is 1300. The Morgan fingerprint density at radius 3 is 2.23 bits per heavy atom. The van der Waals surface area contributed by atoms with Crippen LogP contribution < -0.4 is 5.32 Å². The Labute approximate surface area is 219 Å². The van der Waals surface area contributed by atoms with Crippen molar-refractivity contribution in [2.24, 2.45) is 0 Å². The number of carbonyl (C=O) groups is 1. The van der Waals surface area contributed by atoms with Crippen molar-refractivity contribution in [2.75, 3.05) is 6.61 Å². The van der Waals surface area contributed by atoms with E-state index in [0.29, 0.717) is 6.61 Å². The fourth-order valence-electron chi connectivity index (χ4n) is 4.58. The number of thioether (sulfide) groups is 1. The molecule has 0 aromatic heterocycles. The Morgan fingerprint density at radius 2 is 1.54 bits per heavy atom. The summed E-state index contributed by atoms with van der Waals surface area (Å²) in [6.45, 7) is 2.29. The van der Waals surface area contributed by atoms with Crippen LogP contribution in [0.5, 0.6) is 0 Å². The molecule has 0 fully saturated rings. The fourth-order valence-corrected chi connectivity index (χ4v) is 6.07. The predicted molar refractivity (Wildman–Crippen MR) is 147 cm³/mol. The van der Waals surface area contributed by atoms with Gasteiger partial charge in [0.1, 0.15) is 6.61 Å². The van der Waals surface area contributed by atoms with Gasteiger partial charge >= 0.3 is 6.09 Å². The molecule has 1 aliphatic rings. The average molecular weight is 545 g/mol. The second-order valence-corrected chi connectivity index (χ2v) is 10.6. The SMILES string of the molecule is C[C@H](NC(=O)OCC1c2ccccc2-c2ccccc21)c1cc(SCc2ccccc2)ccc1Br. The molecule has 0 bridgehead atoms. The van der Waals surface area contributed by atoms with Crippen molar-refractivity contribution >= 4 is 33.8 Å². The van der Waals surface area contributed by atoms with Gasteiger partial charge in [0.15, 0.2) is 0 Å². The largest absolute Gasteiger partial charge is 0.449 e. The molecule has 0 radical (unpaired) electrons. The standard InChI is InChI=1S/C30H26BrNO2S/c1-20(27-17-22(15-16-29(27)31)35-19-21-9-3-2-4-10-21)32-30(33)34-18-28-25-13-7-5-11-23(25)24-12-6-8-14-26(24)28/h2-17,20,28H,18-19H2,1H3,(H,32,33)/t20-/m0/s1. The molecule has 1 N–H and O–H groups in total. The molecular formula is C30H26BrNO2S. The summed E-state index contributed by atoms with van der Waals surface area (Å²) in [6, 6.07) is 33.2. The van der Waals surface area contributed by atoms with Crippen molar-refractivity contribution in [1.29, 1.82) is 0 Å². The van der Waals surface area contributed by atoms with Crippen LogP contribution in [-0.4, -0.2) is 12.7 Å². The Balaban J connectivity index is 1.22. The molecule has 5 heteroatoms. The van der Waals surface area contributed by atoms with Gasteiger partial charge in [-0.15, -0.1) is 11.8 Å². The highest BCUT2D eigenvalue weighted by molar-refractivity contribution is 9.10. The number of ether oxygens (including phenoxy) is 1. The van der Waals surface area contributed by atoms with E-state index in [1.165, 1.54) is 27.8 Å². The molecule has 0 spiro atoms. The van der Waals surface area contributed by atoms with Crippen LogP contribution in [0.3, 0.4) is 0 Å². The molecule has 0 saturated heterocycles. The zero-order valence-electron chi connectivity index (χ0n) is 19.4. The lowest BCUT2D eigenvalue weighted by Gasteiger charge is -2.19. The number of carbonyl (C=O) groups excluding carboxylic acids is 1. The van der Waals surface area contributed by atoms with Gasteiger partial charge in [0, 0.05) is 21.0 Å². The lowest BCUT2D eigenvalue weighted by Crippen LogP contribution is -2.29. The molecule has 4 aromatic carbocycles. The highest BCUT2D eigenvalue weighted by Gasteiger charge is 2.29. The molecule has 1 amide bonds. The summed E-state index contributed by atoms with van der Waals surface area (Å²) in [5.74, 6) is 0.948. The van der Waals surface area contributed by atoms with Gasteiger partial charge in [0.2, 0.25) is 0 Å². The molecule has 35 heavy (non-hydrogen) atoms. The van der Waals surface area contributed by atoms with Gasteiger partial charge in [0.05, 0.1) is 6.04 Å². The fraction of sp³-hybridized carbons (Fsp3) is 0.167. The monoisotopic (exact) mass is 543 g/mol. The minimum atomic E-state index is -0.409. The molecule has 0 aliphatic heterocycles. The molecule has 0 saturated carbocycles. The lowest BCUT2D eigenvalue weighted by atomic mass is 9.98. The summed E-state index contributed by atoms with van der Waals surface area (Å²) in [4.78, 5) is 13.9. The van der Waals surface area contributed by atoms with Crippen LogP contribution in [-0.2, 0) is 10.5 Å². The quantitative estimate of drug-likeness (QED) is 0.238. The number of alkyl carbamates (subject to hydrolysis) is 1. The van der Waals surface area contributed by atoms with Crippen molar-refractivity contribution in [3.8, 4) is 11.1 Å². The molecule has 0 heterocycles. The number of benzene rings is 4. The highest BCUT2D eigenvalue weighted by Crippen LogP contribution is 2.44. The molecule has 0 unspecified atom stereocenters. The zero-order chi connectivity index (χ0) is 24.2. The van der Waals surface area contributed by atoms with Gasteiger partial charge in [-0.1, -0.05) is 94.8 Å². The van der Waals surface area contributed by atoms with E-state index in [1.54, 1.807) is 11.8 Å². The first-order valence-corrected chi connectivity index (χ1v) is 13.5. The second-order valence-electron chi connectivity index (χ2n) is 8.65. The van der Waals surface area contributed by atoms with Crippen molar-refractivity contribution in [3.63, 3.8) is 0 Å². The number of nitrogens with one attached hydrogen (secondary N) is 1. The van der Waals surface area contributed by atoms with Crippen molar-refractivity contribution in [1.82, 2.24) is 5.32 Å². The van der Waals surface area contributed by atoms with Crippen LogP contribution in [0.15, 0.2) is 106 Å². The lowest BCUT2D eigenvalue weighted by molar-refractivity contribution is 0.139. The summed E-state index contributed by atoms with van der Waals surface area (Å²) in [5, 5.41) is 3.01. The minimum absolute atomic E-state index is 0.0490. The highest BCUT2D eigenvalue weighted by atomic mass is 79.9. The summed E-state index contributed by atoms with van der Waals surface area (Å²) in [7, 11) is 0. The van der Waals surface area contributed by atoms with E-state index in [4.69, 9.17) is 4.74 Å². The van der Waals surface area contributed by atoms with Gasteiger partial charge < -0.3 is 10.1 Å². The third-order valence-corrected chi connectivity index (χ3v) is 8.15. The molecule has 4 aromatic rings. The first-order valence-electron chi connectivity index (χ1n) is 11.7. The van der Waals surface area contributed by atoms with Gasteiger partial charge in [-0.2, -0.15) is 0 Å². The summed E-state index contributed by atoms with van der Waals surface area (Å²) < 4.78 is 6.70. The number of halogens is 1. The first kappa shape index (κ1) is 23.7. The van der Waals surface area contributed by atoms with Crippen molar-refractivity contribution in [3.05, 3.63) is 124 Å². The normalized spacial score (nSPS) is 13.1. The van der Waals surface area contributed by atoms with Gasteiger partial charge in [0.25, 0.3) is 0 Å². The van der Waals surface area contributed by atoms with Gasteiger partial charge in [-0.25, -0.2) is 4.79 Å². The summed E-state index contributed by atoms with van der Waals surface area (Å²) >= 11 is 5.43. The maximum absolute atomic E-state index is 12.8. The van der Waals surface area contributed by atoms with Crippen molar-refractivity contribution < 1.29 is 9.53 Å². The predicted octanol–water partition coefficient (Wildman–Crippen LogP) is 8.34. The Kier molecular flexibility index (Phi) is 7.26. The van der Waals surface area contributed by atoms with E-state index >= 15 is 0 Å². The van der Waals surface area contributed by atoms with Crippen LogP contribution in [0.4, 0.5) is 4.79 Å². The molecule has 1 atom stereocenters. The van der Waals surface area contributed by atoms with Crippen LogP contribution in [0.2, 0.25) is 0 Å². The van der Waals surface area contributed by atoms with Crippen LogP contribution in [0.1, 0.15) is 41.1 Å². The molecule has 1 aliphatic carbocycles. The van der Waals surface area contributed by atoms with Crippen LogP contribution in [0.25, 0.3) is 11.1 Å². The minimum Gasteiger partial charge on any atom is -0.449 e. The third-order valence-electron chi connectivity index (χ3n) is 6.36. The number of fused-ring (bicyclic) bond motifs is 3. The first-order chi connectivity index (χ1) is 17.1. The number of rotatable bonds is 7. The van der Waals surface area contributed by atoms with Crippen LogP contribution in [0, 0.1) is 0 Å².